The number of hydrogen-bond acceptors (Lipinski definition) is 4. The molecule has 0 N–H and O–H groups in total. The molecule has 0 aliphatic carbocycles. The zero-order chi connectivity index (χ0) is 16.8. The van der Waals surface area contributed by atoms with Crippen LogP contribution in [0.5, 0.6) is 0 Å². The van der Waals surface area contributed by atoms with Gasteiger partial charge in [-0.2, -0.15) is 0 Å². The second kappa shape index (κ2) is 7.59. The lowest BCUT2D eigenvalue weighted by atomic mass is 9.84. The predicted molar refractivity (Wildman–Crippen MR) is 85.3 cm³/mol. The van der Waals surface area contributed by atoms with Crippen molar-refractivity contribution in [3.05, 3.63) is 60.2 Å². The van der Waals surface area contributed by atoms with Gasteiger partial charge in [-0.15, -0.1) is 0 Å². The van der Waals surface area contributed by atoms with E-state index in [2.05, 4.69) is 13.2 Å². The Bertz CT molecular complexity index is 542. The van der Waals surface area contributed by atoms with Crippen LogP contribution in [0, 0.1) is 0 Å². The maximum atomic E-state index is 11.6. The molecule has 1 rings (SSSR count). The van der Waals surface area contributed by atoms with Crippen LogP contribution in [-0.2, 0) is 24.5 Å². The van der Waals surface area contributed by atoms with Gasteiger partial charge in [-0.05, 0) is 26.3 Å². The number of benzene rings is 1. The van der Waals surface area contributed by atoms with E-state index in [-0.39, 0.29) is 13.2 Å². The maximum absolute atomic E-state index is 11.6. The van der Waals surface area contributed by atoms with E-state index in [1.54, 1.807) is 13.8 Å². The van der Waals surface area contributed by atoms with E-state index in [0.717, 1.165) is 5.56 Å². The molecule has 0 unspecified atom stereocenters. The van der Waals surface area contributed by atoms with Crippen molar-refractivity contribution in [2.45, 2.75) is 26.2 Å². The summed E-state index contributed by atoms with van der Waals surface area (Å²) in [5.41, 5.74) is 0.931. The topological polar surface area (TPSA) is 52.6 Å². The Balaban J connectivity index is 2.90. The molecule has 0 amide bonds. The number of ether oxygens (including phenoxy) is 2. The van der Waals surface area contributed by atoms with Crippen molar-refractivity contribution in [3.63, 3.8) is 0 Å². The molecule has 0 atom stereocenters. The summed E-state index contributed by atoms with van der Waals surface area (Å²) in [6.45, 7) is 12.3. The van der Waals surface area contributed by atoms with Crippen LogP contribution in [-0.4, -0.2) is 25.2 Å². The highest BCUT2D eigenvalue weighted by molar-refractivity contribution is 5.87. The lowest BCUT2D eigenvalue weighted by Crippen LogP contribution is -2.36. The Morgan fingerprint density at radius 2 is 1.36 bits per heavy atom. The molecule has 0 aliphatic heterocycles. The minimum atomic E-state index is -0.641. The van der Waals surface area contributed by atoms with E-state index in [1.807, 2.05) is 37.3 Å². The van der Waals surface area contributed by atoms with Crippen molar-refractivity contribution >= 4 is 11.9 Å². The van der Waals surface area contributed by atoms with E-state index in [1.165, 1.54) is 0 Å². The lowest BCUT2D eigenvalue weighted by molar-refractivity contribution is -0.145. The van der Waals surface area contributed by atoms with Crippen LogP contribution in [0.25, 0.3) is 0 Å². The minimum Gasteiger partial charge on any atom is -0.461 e. The number of rotatable bonds is 7. The number of hydrogen-bond donors (Lipinski definition) is 0. The number of carbonyl (C=O) groups is 2. The average Bonchev–Trinajstić information content (AvgIpc) is 2.50. The van der Waals surface area contributed by atoms with Crippen molar-refractivity contribution in [1.82, 2.24) is 0 Å². The third-order valence-corrected chi connectivity index (χ3v) is 3.21. The minimum absolute atomic E-state index is 0.0895. The van der Waals surface area contributed by atoms with E-state index in [4.69, 9.17) is 9.47 Å². The molecule has 0 radical (unpaired) electrons. The highest BCUT2D eigenvalue weighted by Crippen LogP contribution is 2.25. The summed E-state index contributed by atoms with van der Waals surface area (Å²) in [4.78, 5) is 23.2. The van der Waals surface area contributed by atoms with Crippen LogP contribution in [0.4, 0.5) is 0 Å². The fraction of sp³-hybridized carbons (Fsp3) is 0.333. The van der Waals surface area contributed by atoms with Gasteiger partial charge in [0, 0.05) is 11.1 Å². The standard InChI is InChI=1S/C18H22O4/c1-13(2)16(19)21-11-18(5,12-22-17(20)14(3)4)15-9-7-6-8-10-15/h6-10H,1,3,11-12H2,2,4-5H3. The number of esters is 2. The van der Waals surface area contributed by atoms with Crippen LogP contribution in [0.3, 0.4) is 0 Å². The quantitative estimate of drug-likeness (QED) is 0.573. The number of carbonyl (C=O) groups excluding carboxylic acids is 2. The molecule has 0 saturated heterocycles. The van der Waals surface area contributed by atoms with Crippen molar-refractivity contribution in [1.29, 1.82) is 0 Å². The smallest absolute Gasteiger partial charge is 0.333 e. The summed E-state index contributed by atoms with van der Waals surface area (Å²) in [6.07, 6.45) is 0. The Hall–Kier alpha value is -2.36. The van der Waals surface area contributed by atoms with Crippen LogP contribution in [0.15, 0.2) is 54.6 Å². The van der Waals surface area contributed by atoms with Crippen LogP contribution < -0.4 is 0 Å². The molecular weight excluding hydrogens is 280 g/mol. The monoisotopic (exact) mass is 302 g/mol. The molecule has 0 heterocycles. The Morgan fingerprint density at radius 1 is 0.955 bits per heavy atom. The molecule has 4 heteroatoms. The lowest BCUT2D eigenvalue weighted by Gasteiger charge is -2.29. The SMILES string of the molecule is C=C(C)C(=O)OCC(C)(COC(=O)C(=C)C)c1ccccc1. The first-order valence-corrected chi connectivity index (χ1v) is 6.97. The summed E-state index contributed by atoms with van der Waals surface area (Å²) in [7, 11) is 0. The molecule has 0 aromatic heterocycles. The van der Waals surface area contributed by atoms with Gasteiger partial charge in [0.25, 0.3) is 0 Å². The van der Waals surface area contributed by atoms with Gasteiger partial charge in [0.15, 0.2) is 0 Å². The summed E-state index contributed by atoms with van der Waals surface area (Å²) in [5.74, 6) is -0.929. The fourth-order valence-corrected chi connectivity index (χ4v) is 1.74. The fourth-order valence-electron chi connectivity index (χ4n) is 1.74. The first-order chi connectivity index (χ1) is 10.3. The van der Waals surface area contributed by atoms with Crippen molar-refractivity contribution in [3.8, 4) is 0 Å². The zero-order valence-electron chi connectivity index (χ0n) is 13.3. The highest BCUT2D eigenvalue weighted by Gasteiger charge is 2.30. The van der Waals surface area contributed by atoms with Gasteiger partial charge in [0.05, 0.1) is 5.41 Å². The van der Waals surface area contributed by atoms with Gasteiger partial charge in [-0.25, -0.2) is 9.59 Å². The van der Waals surface area contributed by atoms with E-state index >= 15 is 0 Å². The normalized spacial score (nSPS) is 10.7. The first-order valence-electron chi connectivity index (χ1n) is 6.97. The Labute approximate surface area is 131 Å². The Morgan fingerprint density at radius 3 is 1.73 bits per heavy atom. The van der Waals surface area contributed by atoms with Crippen molar-refractivity contribution in [2.75, 3.05) is 13.2 Å². The highest BCUT2D eigenvalue weighted by atomic mass is 16.5. The molecule has 1 aromatic carbocycles. The summed E-state index contributed by atoms with van der Waals surface area (Å²) in [6, 6.07) is 9.47. The summed E-state index contributed by atoms with van der Waals surface area (Å²) < 4.78 is 10.5. The second-order valence-corrected chi connectivity index (χ2v) is 5.64. The van der Waals surface area contributed by atoms with E-state index in [9.17, 15) is 9.59 Å². The Kier molecular flexibility index (Phi) is 6.11. The summed E-state index contributed by atoms with van der Waals surface area (Å²) >= 11 is 0. The van der Waals surface area contributed by atoms with Gasteiger partial charge >= 0.3 is 11.9 Å². The molecule has 22 heavy (non-hydrogen) atoms. The molecule has 4 nitrogen and oxygen atoms in total. The molecule has 0 fully saturated rings. The molecular formula is C18H22O4. The van der Waals surface area contributed by atoms with Crippen molar-refractivity contribution < 1.29 is 19.1 Å². The van der Waals surface area contributed by atoms with Gasteiger partial charge in [0.2, 0.25) is 0 Å². The van der Waals surface area contributed by atoms with Crippen LogP contribution in [0.2, 0.25) is 0 Å². The van der Waals surface area contributed by atoms with E-state index < -0.39 is 17.4 Å². The second-order valence-electron chi connectivity index (χ2n) is 5.64. The largest absolute Gasteiger partial charge is 0.461 e. The van der Waals surface area contributed by atoms with Crippen LogP contribution in [0.1, 0.15) is 26.3 Å². The van der Waals surface area contributed by atoms with Gasteiger partial charge in [-0.3, -0.25) is 0 Å². The van der Waals surface area contributed by atoms with Gasteiger partial charge in [0.1, 0.15) is 13.2 Å². The molecule has 1 aromatic rings. The zero-order valence-corrected chi connectivity index (χ0v) is 13.3. The third-order valence-electron chi connectivity index (χ3n) is 3.21. The molecule has 0 bridgehead atoms. The molecule has 118 valence electrons. The van der Waals surface area contributed by atoms with Crippen molar-refractivity contribution in [2.24, 2.45) is 0 Å². The predicted octanol–water partition coefficient (Wildman–Crippen LogP) is 3.18. The third kappa shape index (κ3) is 4.88. The first kappa shape index (κ1) is 17.7. The van der Waals surface area contributed by atoms with Crippen LogP contribution >= 0.6 is 0 Å². The molecule has 0 saturated carbocycles. The van der Waals surface area contributed by atoms with Gasteiger partial charge in [-0.1, -0.05) is 43.5 Å². The molecule has 0 aliphatic rings. The average molecular weight is 302 g/mol. The maximum Gasteiger partial charge on any atom is 0.333 e. The molecule has 0 spiro atoms. The summed E-state index contributed by atoms with van der Waals surface area (Å²) in [5, 5.41) is 0. The van der Waals surface area contributed by atoms with Gasteiger partial charge < -0.3 is 9.47 Å². The van der Waals surface area contributed by atoms with E-state index in [0.29, 0.717) is 11.1 Å².